The van der Waals surface area contributed by atoms with Gasteiger partial charge in [0.05, 0.1) is 5.69 Å². The SMILES string of the molecule is Clc1ccc(C2CCOCC2)nn1. The van der Waals surface area contributed by atoms with Crippen molar-refractivity contribution < 1.29 is 4.74 Å². The van der Waals surface area contributed by atoms with Crippen LogP contribution < -0.4 is 0 Å². The predicted octanol–water partition coefficient (Wildman–Crippen LogP) is 2.02. The fourth-order valence-electron chi connectivity index (χ4n) is 1.54. The molecule has 0 saturated carbocycles. The molecule has 0 unspecified atom stereocenters. The second-order valence-electron chi connectivity index (χ2n) is 3.17. The van der Waals surface area contributed by atoms with E-state index in [1.54, 1.807) is 6.07 Å². The number of hydrogen-bond acceptors (Lipinski definition) is 3. The van der Waals surface area contributed by atoms with Crippen LogP contribution in [-0.4, -0.2) is 23.4 Å². The molecule has 0 atom stereocenters. The molecule has 1 saturated heterocycles. The number of ether oxygens (including phenoxy) is 1. The summed E-state index contributed by atoms with van der Waals surface area (Å²) in [5, 5.41) is 8.35. The minimum atomic E-state index is 0.454. The highest BCUT2D eigenvalue weighted by atomic mass is 35.5. The number of aromatic nitrogens is 2. The highest BCUT2D eigenvalue weighted by Crippen LogP contribution is 2.24. The molecule has 1 fully saturated rings. The third-order valence-electron chi connectivity index (χ3n) is 2.29. The summed E-state index contributed by atoms with van der Waals surface area (Å²) in [6.07, 6.45) is 2.08. The van der Waals surface area contributed by atoms with Crippen molar-refractivity contribution in [2.75, 3.05) is 13.2 Å². The highest BCUT2D eigenvalue weighted by Gasteiger charge is 2.17. The molecule has 1 aromatic rings. The highest BCUT2D eigenvalue weighted by molar-refractivity contribution is 6.29. The van der Waals surface area contributed by atoms with E-state index >= 15 is 0 Å². The van der Waals surface area contributed by atoms with Crippen LogP contribution in [0.3, 0.4) is 0 Å². The Balaban J connectivity index is 2.10. The Morgan fingerprint density at radius 2 is 2.00 bits per heavy atom. The standard InChI is InChI=1S/C9H11ClN2O/c10-9-2-1-8(11-12-9)7-3-5-13-6-4-7/h1-2,7H,3-6H2. The summed E-state index contributed by atoms with van der Waals surface area (Å²) < 4.78 is 5.27. The van der Waals surface area contributed by atoms with Gasteiger partial charge in [0.1, 0.15) is 0 Å². The van der Waals surface area contributed by atoms with E-state index in [0.717, 1.165) is 31.7 Å². The first-order valence-corrected chi connectivity index (χ1v) is 4.81. The maximum absolute atomic E-state index is 5.65. The van der Waals surface area contributed by atoms with Crippen molar-refractivity contribution in [1.29, 1.82) is 0 Å². The summed E-state index contributed by atoms with van der Waals surface area (Å²) in [5.74, 6) is 0.499. The van der Waals surface area contributed by atoms with Crippen LogP contribution >= 0.6 is 11.6 Å². The van der Waals surface area contributed by atoms with E-state index in [2.05, 4.69) is 10.2 Å². The van der Waals surface area contributed by atoms with E-state index in [-0.39, 0.29) is 0 Å². The number of nitrogens with zero attached hydrogens (tertiary/aromatic N) is 2. The lowest BCUT2D eigenvalue weighted by Crippen LogP contribution is -2.15. The van der Waals surface area contributed by atoms with Crippen LogP contribution in [0.5, 0.6) is 0 Å². The first-order chi connectivity index (χ1) is 6.36. The Kier molecular flexibility index (Phi) is 2.76. The van der Waals surface area contributed by atoms with Gasteiger partial charge in [-0.05, 0) is 25.0 Å². The second-order valence-corrected chi connectivity index (χ2v) is 3.55. The van der Waals surface area contributed by atoms with Crippen LogP contribution in [0.1, 0.15) is 24.5 Å². The third kappa shape index (κ3) is 2.17. The molecule has 0 spiro atoms. The van der Waals surface area contributed by atoms with Crippen molar-refractivity contribution in [3.63, 3.8) is 0 Å². The molecule has 1 aliphatic rings. The third-order valence-corrected chi connectivity index (χ3v) is 2.49. The Labute approximate surface area is 82.1 Å². The topological polar surface area (TPSA) is 35.0 Å². The van der Waals surface area contributed by atoms with E-state index in [1.807, 2.05) is 6.07 Å². The minimum absolute atomic E-state index is 0.454. The zero-order chi connectivity index (χ0) is 9.10. The van der Waals surface area contributed by atoms with Crippen molar-refractivity contribution in [3.05, 3.63) is 23.0 Å². The summed E-state index contributed by atoms with van der Waals surface area (Å²) in [6, 6.07) is 3.74. The lowest BCUT2D eigenvalue weighted by Gasteiger charge is -2.20. The van der Waals surface area contributed by atoms with Gasteiger partial charge in [-0.2, -0.15) is 5.10 Å². The molecule has 0 radical (unpaired) electrons. The van der Waals surface area contributed by atoms with Crippen molar-refractivity contribution in [2.45, 2.75) is 18.8 Å². The molecule has 0 aliphatic carbocycles. The molecule has 1 aromatic heterocycles. The summed E-state index contributed by atoms with van der Waals surface area (Å²) in [5.41, 5.74) is 1.03. The summed E-state index contributed by atoms with van der Waals surface area (Å²) in [6.45, 7) is 1.66. The predicted molar refractivity (Wildman–Crippen MR) is 49.8 cm³/mol. The number of rotatable bonds is 1. The summed E-state index contributed by atoms with van der Waals surface area (Å²) in [4.78, 5) is 0. The first kappa shape index (κ1) is 8.91. The van der Waals surface area contributed by atoms with Gasteiger partial charge in [-0.25, -0.2) is 0 Å². The average molecular weight is 199 g/mol. The lowest BCUT2D eigenvalue weighted by molar-refractivity contribution is 0.0843. The molecule has 70 valence electrons. The molecule has 13 heavy (non-hydrogen) atoms. The van der Waals surface area contributed by atoms with E-state index in [0.29, 0.717) is 11.1 Å². The van der Waals surface area contributed by atoms with Crippen LogP contribution in [-0.2, 0) is 4.74 Å². The van der Waals surface area contributed by atoms with Crippen LogP contribution in [0.15, 0.2) is 12.1 Å². The van der Waals surface area contributed by atoms with Gasteiger partial charge < -0.3 is 4.74 Å². The monoisotopic (exact) mass is 198 g/mol. The normalized spacial score (nSPS) is 18.8. The molecule has 3 nitrogen and oxygen atoms in total. The van der Waals surface area contributed by atoms with E-state index in [9.17, 15) is 0 Å². The smallest absolute Gasteiger partial charge is 0.151 e. The minimum Gasteiger partial charge on any atom is -0.381 e. The number of hydrogen-bond donors (Lipinski definition) is 0. The van der Waals surface area contributed by atoms with Crippen LogP contribution in [0.4, 0.5) is 0 Å². The molecule has 2 rings (SSSR count). The van der Waals surface area contributed by atoms with Gasteiger partial charge in [-0.1, -0.05) is 11.6 Å². The van der Waals surface area contributed by atoms with Gasteiger partial charge in [0.2, 0.25) is 0 Å². The van der Waals surface area contributed by atoms with Crippen LogP contribution in [0.25, 0.3) is 0 Å². The van der Waals surface area contributed by atoms with Gasteiger partial charge in [-0.15, -0.1) is 5.10 Å². The Morgan fingerprint density at radius 1 is 1.23 bits per heavy atom. The maximum atomic E-state index is 5.65. The number of halogens is 1. The van der Waals surface area contributed by atoms with Gasteiger partial charge in [0.25, 0.3) is 0 Å². The molecule has 1 aliphatic heterocycles. The Bertz CT molecular complexity index is 269. The van der Waals surface area contributed by atoms with Crippen molar-refractivity contribution in [3.8, 4) is 0 Å². The fraction of sp³-hybridized carbons (Fsp3) is 0.556. The maximum Gasteiger partial charge on any atom is 0.151 e. The zero-order valence-corrected chi connectivity index (χ0v) is 8.00. The molecular weight excluding hydrogens is 188 g/mol. The van der Waals surface area contributed by atoms with Crippen molar-refractivity contribution >= 4 is 11.6 Å². The lowest BCUT2D eigenvalue weighted by atomic mass is 9.96. The molecule has 2 heterocycles. The Hall–Kier alpha value is -0.670. The van der Waals surface area contributed by atoms with E-state index in [4.69, 9.17) is 16.3 Å². The molecule has 4 heteroatoms. The van der Waals surface area contributed by atoms with Crippen molar-refractivity contribution in [1.82, 2.24) is 10.2 Å². The molecule has 0 bridgehead atoms. The molecule has 0 amide bonds. The Morgan fingerprint density at radius 3 is 2.62 bits per heavy atom. The van der Waals surface area contributed by atoms with Gasteiger partial charge in [0, 0.05) is 19.1 Å². The summed E-state index contributed by atoms with van der Waals surface area (Å²) in [7, 11) is 0. The summed E-state index contributed by atoms with van der Waals surface area (Å²) >= 11 is 5.65. The fourth-order valence-corrected chi connectivity index (χ4v) is 1.64. The zero-order valence-electron chi connectivity index (χ0n) is 7.24. The van der Waals surface area contributed by atoms with E-state index in [1.165, 1.54) is 0 Å². The molecule has 0 N–H and O–H groups in total. The van der Waals surface area contributed by atoms with E-state index < -0.39 is 0 Å². The first-order valence-electron chi connectivity index (χ1n) is 4.43. The van der Waals surface area contributed by atoms with Crippen molar-refractivity contribution in [2.24, 2.45) is 0 Å². The van der Waals surface area contributed by atoms with Gasteiger partial charge in [0.15, 0.2) is 5.15 Å². The quantitative estimate of drug-likeness (QED) is 0.693. The molecular formula is C9H11ClN2O. The van der Waals surface area contributed by atoms with Gasteiger partial charge in [-0.3, -0.25) is 0 Å². The average Bonchev–Trinajstić information content (AvgIpc) is 2.20. The van der Waals surface area contributed by atoms with Crippen LogP contribution in [0.2, 0.25) is 5.15 Å². The van der Waals surface area contributed by atoms with Crippen LogP contribution in [0, 0.1) is 0 Å². The second kappa shape index (κ2) is 4.03. The largest absolute Gasteiger partial charge is 0.381 e. The van der Waals surface area contributed by atoms with Gasteiger partial charge >= 0.3 is 0 Å². The molecule has 0 aromatic carbocycles.